The molecule has 1 N–H and O–H groups in total. The fourth-order valence-electron chi connectivity index (χ4n) is 2.51. The lowest BCUT2D eigenvalue weighted by Crippen LogP contribution is -2.30. The van der Waals surface area contributed by atoms with Gasteiger partial charge in [-0.3, -0.25) is 4.79 Å². The Hall–Kier alpha value is -3.31. The number of halogens is 1. The minimum Gasteiger partial charge on any atom is -0.489 e. The number of nitrogens with one attached hydrogen (secondary N) is 1. The summed E-state index contributed by atoms with van der Waals surface area (Å²) in [6.45, 7) is 1.90. The highest BCUT2D eigenvalue weighted by Gasteiger charge is 2.19. The van der Waals surface area contributed by atoms with E-state index in [1.165, 1.54) is 6.92 Å². The Morgan fingerprint density at radius 1 is 0.966 bits per heavy atom. The maximum absolute atomic E-state index is 12.4. The number of carbonyl (C=O) groups excluding carboxylic acids is 2. The first kappa shape index (κ1) is 20.4. The summed E-state index contributed by atoms with van der Waals surface area (Å²) in [7, 11) is 0. The largest absolute Gasteiger partial charge is 0.489 e. The Labute approximate surface area is 174 Å². The van der Waals surface area contributed by atoms with E-state index in [0.717, 1.165) is 5.56 Å². The molecule has 1 atom stereocenters. The Morgan fingerprint density at radius 3 is 2.41 bits per heavy atom. The molecule has 148 valence electrons. The van der Waals surface area contributed by atoms with Crippen molar-refractivity contribution in [1.82, 2.24) is 0 Å². The molecular weight excluding hydrogens is 390 g/mol. The van der Waals surface area contributed by atoms with Gasteiger partial charge in [0.1, 0.15) is 12.4 Å². The Balaban J connectivity index is 1.56. The van der Waals surface area contributed by atoms with Crippen LogP contribution in [0.15, 0.2) is 78.9 Å². The monoisotopic (exact) mass is 409 g/mol. The number of ether oxygens (including phenoxy) is 2. The van der Waals surface area contributed by atoms with E-state index >= 15 is 0 Å². The van der Waals surface area contributed by atoms with Crippen LogP contribution in [0.5, 0.6) is 5.75 Å². The molecule has 0 spiro atoms. The zero-order valence-electron chi connectivity index (χ0n) is 15.8. The lowest BCUT2D eigenvalue weighted by molar-refractivity contribution is -0.123. The summed E-state index contributed by atoms with van der Waals surface area (Å²) in [5.74, 6) is -0.493. The molecule has 0 unspecified atom stereocenters. The van der Waals surface area contributed by atoms with E-state index in [4.69, 9.17) is 21.1 Å². The molecule has 0 aromatic heterocycles. The molecule has 1 amide bonds. The average molecular weight is 410 g/mol. The molecule has 5 nitrogen and oxygen atoms in total. The SMILES string of the molecule is C[C@@H](OC(=O)c1cccc(OCc2ccccc2)c1)C(=O)Nc1ccc(Cl)cc1. The molecule has 0 aliphatic carbocycles. The number of hydrogen-bond acceptors (Lipinski definition) is 4. The van der Waals surface area contributed by atoms with E-state index in [1.54, 1.807) is 48.5 Å². The van der Waals surface area contributed by atoms with Crippen LogP contribution >= 0.6 is 11.6 Å². The minimum absolute atomic E-state index is 0.307. The van der Waals surface area contributed by atoms with Crippen LogP contribution in [0.1, 0.15) is 22.8 Å². The van der Waals surface area contributed by atoms with Gasteiger partial charge in [-0.15, -0.1) is 0 Å². The van der Waals surface area contributed by atoms with E-state index in [9.17, 15) is 9.59 Å². The molecule has 3 aromatic carbocycles. The molecule has 29 heavy (non-hydrogen) atoms. The van der Waals surface area contributed by atoms with Gasteiger partial charge in [-0.25, -0.2) is 4.79 Å². The summed E-state index contributed by atoms with van der Waals surface area (Å²) < 4.78 is 11.0. The highest BCUT2D eigenvalue weighted by atomic mass is 35.5. The molecule has 0 heterocycles. The van der Waals surface area contributed by atoms with Crippen LogP contribution in [0, 0.1) is 0 Å². The van der Waals surface area contributed by atoms with E-state index < -0.39 is 18.0 Å². The van der Waals surface area contributed by atoms with E-state index in [2.05, 4.69) is 5.32 Å². The van der Waals surface area contributed by atoms with Crippen molar-refractivity contribution in [1.29, 1.82) is 0 Å². The van der Waals surface area contributed by atoms with Crippen LogP contribution < -0.4 is 10.1 Å². The van der Waals surface area contributed by atoms with Crippen molar-refractivity contribution in [3.63, 3.8) is 0 Å². The van der Waals surface area contributed by atoms with Gasteiger partial charge < -0.3 is 14.8 Å². The molecule has 0 aliphatic heterocycles. The van der Waals surface area contributed by atoms with E-state index in [0.29, 0.717) is 28.6 Å². The van der Waals surface area contributed by atoms with Gasteiger partial charge in [0, 0.05) is 10.7 Å². The van der Waals surface area contributed by atoms with Gasteiger partial charge in [0.2, 0.25) is 0 Å². The molecule has 0 saturated heterocycles. The Kier molecular flexibility index (Phi) is 6.87. The van der Waals surface area contributed by atoms with Gasteiger partial charge in [0.15, 0.2) is 6.10 Å². The van der Waals surface area contributed by atoms with Crippen LogP contribution in [0.3, 0.4) is 0 Å². The normalized spacial score (nSPS) is 11.4. The summed E-state index contributed by atoms with van der Waals surface area (Å²) in [5.41, 5.74) is 1.90. The standard InChI is InChI=1S/C23H20ClNO4/c1-16(22(26)25-20-12-10-19(24)11-13-20)29-23(27)18-8-5-9-21(14-18)28-15-17-6-3-2-4-7-17/h2-14,16H,15H2,1H3,(H,25,26)/t16-/m1/s1. The highest BCUT2D eigenvalue weighted by molar-refractivity contribution is 6.30. The van der Waals surface area contributed by atoms with Crippen molar-refractivity contribution < 1.29 is 19.1 Å². The number of anilines is 1. The molecule has 0 saturated carbocycles. The maximum atomic E-state index is 12.4. The molecule has 0 fully saturated rings. The number of hydrogen-bond donors (Lipinski definition) is 1. The van der Waals surface area contributed by atoms with Crippen LogP contribution in [0.4, 0.5) is 5.69 Å². The first-order valence-corrected chi connectivity index (χ1v) is 9.43. The molecule has 3 rings (SSSR count). The maximum Gasteiger partial charge on any atom is 0.339 e. The summed E-state index contributed by atoms with van der Waals surface area (Å²) in [6, 6.07) is 23.0. The summed E-state index contributed by atoms with van der Waals surface area (Å²) in [6.07, 6.45) is -0.966. The number of rotatable bonds is 7. The second kappa shape index (κ2) is 9.75. The first-order chi connectivity index (χ1) is 14.0. The third-order valence-electron chi connectivity index (χ3n) is 4.08. The van der Waals surface area contributed by atoms with Crippen LogP contribution in [-0.2, 0) is 16.1 Å². The van der Waals surface area contributed by atoms with Gasteiger partial charge in [-0.2, -0.15) is 0 Å². The smallest absolute Gasteiger partial charge is 0.339 e. The summed E-state index contributed by atoms with van der Waals surface area (Å²) >= 11 is 5.83. The van der Waals surface area contributed by atoms with Gasteiger partial charge in [0.25, 0.3) is 5.91 Å². The van der Waals surface area contributed by atoms with Crippen molar-refractivity contribution >= 4 is 29.2 Å². The molecule has 0 bridgehead atoms. The molecule has 3 aromatic rings. The lowest BCUT2D eigenvalue weighted by atomic mass is 10.2. The Morgan fingerprint density at radius 2 is 1.69 bits per heavy atom. The molecule has 6 heteroatoms. The fraction of sp³-hybridized carbons (Fsp3) is 0.130. The predicted octanol–water partition coefficient (Wildman–Crippen LogP) is 5.10. The van der Waals surface area contributed by atoms with Crippen LogP contribution in [-0.4, -0.2) is 18.0 Å². The second-order valence-electron chi connectivity index (χ2n) is 6.35. The quantitative estimate of drug-likeness (QED) is 0.551. The number of benzene rings is 3. The lowest BCUT2D eigenvalue weighted by Gasteiger charge is -2.14. The summed E-state index contributed by atoms with van der Waals surface area (Å²) in [4.78, 5) is 24.7. The third kappa shape index (κ3) is 6.09. The van der Waals surface area contributed by atoms with Crippen LogP contribution in [0.25, 0.3) is 0 Å². The molecule has 0 aliphatic rings. The van der Waals surface area contributed by atoms with Crippen molar-refractivity contribution in [3.8, 4) is 5.75 Å². The first-order valence-electron chi connectivity index (χ1n) is 9.05. The third-order valence-corrected chi connectivity index (χ3v) is 4.33. The fourth-order valence-corrected chi connectivity index (χ4v) is 2.64. The summed E-state index contributed by atoms with van der Waals surface area (Å²) in [5, 5.41) is 3.24. The zero-order chi connectivity index (χ0) is 20.6. The number of amides is 1. The van der Waals surface area contributed by atoms with Gasteiger partial charge in [0.05, 0.1) is 5.56 Å². The highest BCUT2D eigenvalue weighted by Crippen LogP contribution is 2.17. The van der Waals surface area contributed by atoms with Gasteiger partial charge >= 0.3 is 5.97 Å². The van der Waals surface area contributed by atoms with E-state index in [-0.39, 0.29) is 0 Å². The number of esters is 1. The average Bonchev–Trinajstić information content (AvgIpc) is 2.74. The van der Waals surface area contributed by atoms with Crippen LogP contribution in [0.2, 0.25) is 5.02 Å². The van der Waals surface area contributed by atoms with Gasteiger partial charge in [-0.1, -0.05) is 48.0 Å². The van der Waals surface area contributed by atoms with E-state index in [1.807, 2.05) is 30.3 Å². The zero-order valence-corrected chi connectivity index (χ0v) is 16.6. The second-order valence-corrected chi connectivity index (χ2v) is 6.78. The van der Waals surface area contributed by atoms with Crippen molar-refractivity contribution in [2.45, 2.75) is 19.6 Å². The topological polar surface area (TPSA) is 64.6 Å². The van der Waals surface area contributed by atoms with Crippen molar-refractivity contribution in [3.05, 3.63) is 95.0 Å². The minimum atomic E-state index is -0.966. The number of carbonyl (C=O) groups is 2. The Bertz CT molecular complexity index is 974. The van der Waals surface area contributed by atoms with Crippen molar-refractivity contribution in [2.24, 2.45) is 0 Å². The molecule has 0 radical (unpaired) electrons. The molecular formula is C23H20ClNO4. The van der Waals surface area contributed by atoms with Gasteiger partial charge in [-0.05, 0) is 55.0 Å². The van der Waals surface area contributed by atoms with Crippen molar-refractivity contribution in [2.75, 3.05) is 5.32 Å². The predicted molar refractivity (Wildman–Crippen MR) is 112 cm³/mol.